The van der Waals surface area contributed by atoms with E-state index in [2.05, 4.69) is 20.8 Å². The second-order valence-corrected chi connectivity index (χ2v) is 14.5. The van der Waals surface area contributed by atoms with Crippen LogP contribution >= 0.6 is 0 Å². The van der Waals surface area contributed by atoms with Crippen molar-refractivity contribution < 1.29 is 29.3 Å². The van der Waals surface area contributed by atoms with Crippen molar-refractivity contribution in [2.24, 2.45) is 58.2 Å². The number of aliphatic carboxylic acids is 2. The third-order valence-electron chi connectivity index (χ3n) is 12.9. The van der Waals surface area contributed by atoms with Crippen molar-refractivity contribution in [1.29, 1.82) is 0 Å². The summed E-state index contributed by atoms with van der Waals surface area (Å²) in [5, 5.41) is 18.8. The summed E-state index contributed by atoms with van der Waals surface area (Å²) in [7, 11) is 0. The quantitative estimate of drug-likeness (QED) is 0.346. The van der Waals surface area contributed by atoms with E-state index >= 15 is 0 Å². The number of carboxylic acids is 2. The summed E-state index contributed by atoms with van der Waals surface area (Å²) < 4.78 is 6.06. The molecule has 214 valence electrons. The topological polar surface area (TPSA) is 101 Å². The summed E-state index contributed by atoms with van der Waals surface area (Å²) in [6, 6.07) is 0. The molecule has 5 saturated carbocycles. The molecule has 0 bridgehead atoms. The van der Waals surface area contributed by atoms with E-state index in [0.29, 0.717) is 41.4 Å². The fourth-order valence-electron chi connectivity index (χ4n) is 10.8. The first-order valence-electron chi connectivity index (χ1n) is 15.7. The molecule has 0 aliphatic heterocycles. The van der Waals surface area contributed by atoms with Gasteiger partial charge in [0, 0.05) is 6.42 Å². The molecule has 2 N–H and O–H groups in total. The molecule has 5 aliphatic rings. The number of ether oxygens (including phenoxy) is 1. The highest BCUT2D eigenvalue weighted by atomic mass is 16.5. The summed E-state index contributed by atoms with van der Waals surface area (Å²) in [4.78, 5) is 36.0. The molecule has 0 saturated heterocycles. The van der Waals surface area contributed by atoms with Crippen LogP contribution in [0.4, 0.5) is 0 Å². The lowest BCUT2D eigenvalue weighted by Crippen LogP contribution is -2.54. The third-order valence-corrected chi connectivity index (χ3v) is 12.9. The Bertz CT molecular complexity index is 916. The van der Waals surface area contributed by atoms with Crippen molar-refractivity contribution in [2.75, 3.05) is 0 Å². The molecule has 0 aromatic carbocycles. The van der Waals surface area contributed by atoms with Crippen LogP contribution in [0.3, 0.4) is 0 Å². The molecule has 0 spiro atoms. The van der Waals surface area contributed by atoms with E-state index < -0.39 is 23.8 Å². The van der Waals surface area contributed by atoms with Crippen molar-refractivity contribution in [3.05, 3.63) is 0 Å². The first-order chi connectivity index (χ1) is 18.0. The maximum absolute atomic E-state index is 13.1. The van der Waals surface area contributed by atoms with Crippen LogP contribution in [-0.4, -0.2) is 34.2 Å². The van der Waals surface area contributed by atoms with Gasteiger partial charge < -0.3 is 14.9 Å². The van der Waals surface area contributed by atoms with Crippen LogP contribution in [0.2, 0.25) is 0 Å². The third kappa shape index (κ3) is 4.91. The summed E-state index contributed by atoms with van der Waals surface area (Å²) in [6.07, 6.45) is 14.6. The molecular formula is C32H50O6. The lowest BCUT2D eigenvalue weighted by atomic mass is 9.44. The summed E-state index contributed by atoms with van der Waals surface area (Å²) in [6.45, 7) is 7.35. The average Bonchev–Trinajstić information content (AvgIpc) is 3.24. The van der Waals surface area contributed by atoms with E-state index in [1.807, 2.05) is 0 Å². The molecule has 6 nitrogen and oxygen atoms in total. The van der Waals surface area contributed by atoms with Gasteiger partial charge in [0.15, 0.2) is 0 Å². The minimum absolute atomic E-state index is 0.0618. The second-order valence-electron chi connectivity index (χ2n) is 14.5. The van der Waals surface area contributed by atoms with Gasteiger partial charge in [0.2, 0.25) is 0 Å². The Balaban J connectivity index is 1.22. The van der Waals surface area contributed by atoms with Crippen LogP contribution in [0.15, 0.2) is 0 Å². The molecule has 6 heteroatoms. The Kier molecular flexibility index (Phi) is 7.92. The number of carbonyl (C=O) groups is 3. The molecule has 11 atom stereocenters. The van der Waals surface area contributed by atoms with Gasteiger partial charge in [-0.05, 0) is 123 Å². The van der Waals surface area contributed by atoms with Crippen LogP contribution in [-0.2, 0) is 19.1 Å². The van der Waals surface area contributed by atoms with E-state index in [-0.39, 0.29) is 18.5 Å². The zero-order chi connectivity index (χ0) is 27.2. The van der Waals surface area contributed by atoms with E-state index in [9.17, 15) is 24.6 Å². The van der Waals surface area contributed by atoms with Crippen LogP contribution in [0.5, 0.6) is 0 Å². The minimum Gasteiger partial charge on any atom is -0.481 e. The lowest BCUT2D eigenvalue weighted by molar-refractivity contribution is -0.172. The molecule has 0 aromatic rings. The molecule has 38 heavy (non-hydrogen) atoms. The SMILES string of the molecule is C[C@H](CCC(=O)O)[C@H]1CC[C@H]2[C@@H]3CC[C@@H]4C[C@H](OC(=O)[C@@H]5CCCC[C@H]5C(=O)O)CC[C@]4(C)[C@H]3CC[C@]12C. The highest BCUT2D eigenvalue weighted by Gasteiger charge is 2.60. The zero-order valence-corrected chi connectivity index (χ0v) is 23.8. The number of hydrogen-bond acceptors (Lipinski definition) is 4. The standard InChI is InChI=1S/C32H50O6/c1-19(8-13-28(33)34)25-11-12-26-24-10-9-20-18-21(14-16-31(20,2)27(24)15-17-32(25,26)3)38-30(37)23-7-5-4-6-22(23)29(35)36/h19-27H,4-18H2,1-3H3,(H,33,34)(H,35,36)/t19-,20-,21-,22-,23-,24+,25-,26+,27+,31+,32-/m1/s1. The van der Waals surface area contributed by atoms with Crippen molar-refractivity contribution in [2.45, 2.75) is 123 Å². The normalized spacial score (nSPS) is 45.2. The number of carbonyl (C=O) groups excluding carboxylic acids is 1. The number of hydrogen-bond donors (Lipinski definition) is 2. The largest absolute Gasteiger partial charge is 0.481 e. The van der Waals surface area contributed by atoms with Crippen molar-refractivity contribution in [3.8, 4) is 0 Å². The van der Waals surface area contributed by atoms with Gasteiger partial charge in [0.25, 0.3) is 0 Å². The highest BCUT2D eigenvalue weighted by Crippen LogP contribution is 2.68. The summed E-state index contributed by atoms with van der Waals surface area (Å²) in [5.41, 5.74) is 0.643. The Morgan fingerprint density at radius 1 is 0.842 bits per heavy atom. The first kappa shape index (κ1) is 28.0. The monoisotopic (exact) mass is 530 g/mol. The van der Waals surface area contributed by atoms with Crippen molar-refractivity contribution >= 4 is 17.9 Å². The molecular weight excluding hydrogens is 480 g/mol. The number of rotatable bonds is 7. The van der Waals surface area contributed by atoms with Crippen LogP contribution < -0.4 is 0 Å². The van der Waals surface area contributed by atoms with Gasteiger partial charge in [-0.25, -0.2) is 0 Å². The predicted molar refractivity (Wildman–Crippen MR) is 144 cm³/mol. The molecule has 0 aromatic heterocycles. The predicted octanol–water partition coefficient (Wildman–Crippen LogP) is 6.95. The number of esters is 1. The Hall–Kier alpha value is -1.59. The molecule has 0 amide bonds. The molecule has 0 heterocycles. The summed E-state index contributed by atoms with van der Waals surface area (Å²) >= 11 is 0. The van der Waals surface area contributed by atoms with Crippen LogP contribution in [0.1, 0.15) is 117 Å². The lowest BCUT2D eigenvalue weighted by Gasteiger charge is -2.61. The van der Waals surface area contributed by atoms with Gasteiger partial charge in [0.05, 0.1) is 11.8 Å². The molecule has 5 rings (SSSR count). The second kappa shape index (κ2) is 10.8. The van der Waals surface area contributed by atoms with E-state index in [1.165, 1.54) is 38.5 Å². The average molecular weight is 531 g/mol. The Labute approximate surface area is 228 Å². The molecule has 5 aliphatic carbocycles. The molecule has 0 unspecified atom stereocenters. The van der Waals surface area contributed by atoms with Crippen LogP contribution in [0, 0.1) is 58.2 Å². The van der Waals surface area contributed by atoms with E-state index in [1.54, 1.807) is 0 Å². The van der Waals surface area contributed by atoms with Crippen LogP contribution in [0.25, 0.3) is 0 Å². The van der Waals surface area contributed by atoms with Gasteiger partial charge >= 0.3 is 17.9 Å². The fourth-order valence-corrected chi connectivity index (χ4v) is 10.8. The van der Waals surface area contributed by atoms with Gasteiger partial charge in [-0.1, -0.05) is 33.6 Å². The summed E-state index contributed by atoms with van der Waals surface area (Å²) in [5.74, 6) is 1.10. The van der Waals surface area contributed by atoms with Gasteiger partial charge in [0.1, 0.15) is 6.10 Å². The van der Waals surface area contributed by atoms with Gasteiger partial charge in [-0.3, -0.25) is 14.4 Å². The van der Waals surface area contributed by atoms with E-state index in [4.69, 9.17) is 4.74 Å². The number of carboxylic acid groups (broad SMARTS) is 2. The first-order valence-corrected chi connectivity index (χ1v) is 15.7. The molecule has 5 fully saturated rings. The van der Waals surface area contributed by atoms with Gasteiger partial charge in [-0.15, -0.1) is 0 Å². The maximum atomic E-state index is 13.1. The smallest absolute Gasteiger partial charge is 0.310 e. The minimum atomic E-state index is -0.851. The fraction of sp³-hybridized carbons (Fsp3) is 0.906. The Morgan fingerprint density at radius 3 is 2.24 bits per heavy atom. The maximum Gasteiger partial charge on any atom is 0.310 e. The Morgan fingerprint density at radius 2 is 1.53 bits per heavy atom. The van der Waals surface area contributed by atoms with Crippen molar-refractivity contribution in [3.63, 3.8) is 0 Å². The van der Waals surface area contributed by atoms with Gasteiger partial charge in [-0.2, -0.15) is 0 Å². The highest BCUT2D eigenvalue weighted by molar-refractivity contribution is 5.81. The van der Waals surface area contributed by atoms with Crippen molar-refractivity contribution in [1.82, 2.24) is 0 Å². The zero-order valence-electron chi connectivity index (χ0n) is 23.8. The number of fused-ring (bicyclic) bond motifs is 5. The van der Waals surface area contributed by atoms with E-state index in [0.717, 1.165) is 56.3 Å². The molecule has 0 radical (unpaired) electrons.